The van der Waals surface area contributed by atoms with E-state index >= 15 is 0 Å². The Morgan fingerprint density at radius 1 is 0.949 bits per heavy atom. The molecule has 0 aliphatic heterocycles. The van der Waals surface area contributed by atoms with E-state index in [-0.39, 0.29) is 23.4 Å². The highest BCUT2D eigenvalue weighted by Crippen LogP contribution is 2.30. The molecule has 0 fully saturated rings. The Labute approximate surface area is 236 Å². The quantitative estimate of drug-likeness (QED) is 0.324. The van der Waals surface area contributed by atoms with Crippen LogP contribution >= 0.6 is 11.6 Å². The average Bonchev–Trinajstić information content (AvgIpc) is 2.91. The van der Waals surface area contributed by atoms with Gasteiger partial charge in [0.1, 0.15) is 12.6 Å². The van der Waals surface area contributed by atoms with Crippen LogP contribution in [0.4, 0.5) is 5.69 Å². The smallest absolute Gasteiger partial charge is 0.264 e. The first-order valence-electron chi connectivity index (χ1n) is 13.0. The van der Waals surface area contributed by atoms with E-state index in [9.17, 15) is 18.0 Å². The molecule has 9 heteroatoms. The van der Waals surface area contributed by atoms with Crippen LogP contribution in [-0.4, -0.2) is 50.3 Å². The second-order valence-corrected chi connectivity index (χ2v) is 12.0. The highest BCUT2D eigenvalue weighted by Gasteiger charge is 2.34. The molecule has 7 nitrogen and oxygen atoms in total. The summed E-state index contributed by atoms with van der Waals surface area (Å²) in [7, 11) is -4.13. The zero-order chi connectivity index (χ0) is 28.6. The van der Waals surface area contributed by atoms with Gasteiger partial charge in [0.05, 0.1) is 10.6 Å². The summed E-state index contributed by atoms with van der Waals surface area (Å²) in [5.74, 6) is -0.749. The van der Waals surface area contributed by atoms with E-state index in [1.54, 1.807) is 43.3 Å². The van der Waals surface area contributed by atoms with Crippen molar-refractivity contribution in [3.05, 3.63) is 95.0 Å². The van der Waals surface area contributed by atoms with Crippen molar-refractivity contribution >= 4 is 39.1 Å². The van der Waals surface area contributed by atoms with E-state index in [1.807, 2.05) is 51.1 Å². The molecule has 0 radical (unpaired) electrons. The summed E-state index contributed by atoms with van der Waals surface area (Å²) < 4.78 is 28.9. The number of carbonyl (C=O) groups excluding carboxylic acids is 2. The van der Waals surface area contributed by atoms with Gasteiger partial charge in [-0.2, -0.15) is 0 Å². The fourth-order valence-electron chi connectivity index (χ4n) is 4.36. The molecule has 1 N–H and O–H groups in total. The van der Waals surface area contributed by atoms with Crippen LogP contribution in [0, 0.1) is 6.92 Å². The summed E-state index contributed by atoms with van der Waals surface area (Å²) in [4.78, 5) is 28.7. The fourth-order valence-corrected chi connectivity index (χ4v) is 6.02. The number of nitrogens with zero attached hydrogens (tertiary/aromatic N) is 2. The average molecular weight is 570 g/mol. The first-order chi connectivity index (χ1) is 18.5. The fraction of sp³-hybridized carbons (Fsp3) is 0.333. The van der Waals surface area contributed by atoms with E-state index in [0.717, 1.165) is 9.87 Å². The number of anilines is 1. The van der Waals surface area contributed by atoms with Gasteiger partial charge in [-0.25, -0.2) is 8.42 Å². The minimum atomic E-state index is -4.13. The minimum absolute atomic E-state index is 0.0533. The van der Waals surface area contributed by atoms with Crippen LogP contribution in [0.25, 0.3) is 0 Å². The Hall–Kier alpha value is -3.36. The van der Waals surface area contributed by atoms with Crippen molar-refractivity contribution in [3.8, 4) is 0 Å². The van der Waals surface area contributed by atoms with Crippen LogP contribution in [0.5, 0.6) is 0 Å². The van der Waals surface area contributed by atoms with Crippen molar-refractivity contribution in [2.45, 2.75) is 57.5 Å². The van der Waals surface area contributed by atoms with Crippen molar-refractivity contribution in [2.24, 2.45) is 0 Å². The number of amides is 2. The molecule has 0 bridgehead atoms. The van der Waals surface area contributed by atoms with Crippen molar-refractivity contribution in [1.82, 2.24) is 10.2 Å². The van der Waals surface area contributed by atoms with E-state index in [1.165, 1.54) is 17.0 Å². The van der Waals surface area contributed by atoms with Gasteiger partial charge in [0, 0.05) is 17.6 Å². The van der Waals surface area contributed by atoms with Gasteiger partial charge in [-0.15, -0.1) is 0 Å². The van der Waals surface area contributed by atoms with Crippen molar-refractivity contribution in [3.63, 3.8) is 0 Å². The molecule has 1 atom stereocenters. The van der Waals surface area contributed by atoms with Crippen molar-refractivity contribution < 1.29 is 18.0 Å². The number of benzene rings is 3. The van der Waals surface area contributed by atoms with Gasteiger partial charge in [0.15, 0.2) is 0 Å². The molecular formula is C30H36ClN3O4S. The lowest BCUT2D eigenvalue weighted by molar-refractivity contribution is -0.139. The molecule has 39 heavy (non-hydrogen) atoms. The second kappa shape index (κ2) is 13.6. The van der Waals surface area contributed by atoms with Gasteiger partial charge in [0.2, 0.25) is 11.8 Å². The summed E-state index contributed by atoms with van der Waals surface area (Å²) in [6, 6.07) is 21.7. The third kappa shape index (κ3) is 7.83. The zero-order valence-electron chi connectivity index (χ0n) is 22.8. The van der Waals surface area contributed by atoms with Gasteiger partial charge >= 0.3 is 0 Å². The Bertz CT molecular complexity index is 1370. The van der Waals surface area contributed by atoms with Crippen LogP contribution in [-0.2, 0) is 26.0 Å². The van der Waals surface area contributed by atoms with Gasteiger partial charge in [0.25, 0.3) is 10.0 Å². The molecule has 2 amide bonds. The van der Waals surface area contributed by atoms with Crippen LogP contribution < -0.4 is 9.62 Å². The second-order valence-electron chi connectivity index (χ2n) is 9.67. The first-order valence-corrected chi connectivity index (χ1v) is 14.8. The summed E-state index contributed by atoms with van der Waals surface area (Å²) in [5, 5.41) is 3.25. The number of halogens is 1. The zero-order valence-corrected chi connectivity index (χ0v) is 24.4. The highest BCUT2D eigenvalue weighted by atomic mass is 35.5. The number of hydrogen-bond acceptors (Lipinski definition) is 4. The minimum Gasteiger partial charge on any atom is -0.352 e. The molecule has 0 aliphatic carbocycles. The number of nitrogens with one attached hydrogen (secondary N) is 1. The summed E-state index contributed by atoms with van der Waals surface area (Å²) in [6.07, 6.45) is 0.889. The van der Waals surface area contributed by atoms with Gasteiger partial charge in [-0.1, -0.05) is 73.1 Å². The maximum atomic E-state index is 14.0. The monoisotopic (exact) mass is 569 g/mol. The van der Waals surface area contributed by atoms with Crippen LogP contribution in [0.3, 0.4) is 0 Å². The molecule has 208 valence electrons. The molecule has 0 aliphatic rings. The molecule has 1 unspecified atom stereocenters. The maximum Gasteiger partial charge on any atom is 0.264 e. The maximum absolute atomic E-state index is 14.0. The third-order valence-corrected chi connectivity index (χ3v) is 8.36. The summed E-state index contributed by atoms with van der Waals surface area (Å²) >= 11 is 6.27. The molecule has 3 aromatic carbocycles. The molecule has 3 aromatic rings. The lowest BCUT2D eigenvalue weighted by Gasteiger charge is -2.34. The van der Waals surface area contributed by atoms with Crippen molar-refractivity contribution in [2.75, 3.05) is 17.4 Å². The van der Waals surface area contributed by atoms with Crippen molar-refractivity contribution in [1.29, 1.82) is 0 Å². The predicted octanol–water partition coefficient (Wildman–Crippen LogP) is 5.22. The summed E-state index contributed by atoms with van der Waals surface area (Å²) in [5.41, 5.74) is 1.96. The standard InChI is InChI=1S/C30H36ClN3O4S/c1-5-27(30(36)32-22(2)3)33(19-18-24-12-8-6-9-13-24)29(35)21-34(28-20-25(31)17-16-23(28)4)39(37,38)26-14-10-7-11-15-26/h6-17,20,22,27H,5,18-19,21H2,1-4H3,(H,32,36). The predicted molar refractivity (Wildman–Crippen MR) is 156 cm³/mol. The molecule has 0 aromatic heterocycles. The molecule has 0 heterocycles. The molecule has 0 saturated heterocycles. The lowest BCUT2D eigenvalue weighted by atomic mass is 10.1. The van der Waals surface area contributed by atoms with E-state index < -0.39 is 28.5 Å². The Kier molecular flexibility index (Phi) is 10.5. The SMILES string of the molecule is CCC(C(=O)NC(C)C)N(CCc1ccccc1)C(=O)CN(c1cc(Cl)ccc1C)S(=O)(=O)c1ccccc1. The Morgan fingerprint density at radius 3 is 2.15 bits per heavy atom. The lowest BCUT2D eigenvalue weighted by Crippen LogP contribution is -2.54. The van der Waals surface area contributed by atoms with Crippen LogP contribution in [0.15, 0.2) is 83.8 Å². The Morgan fingerprint density at radius 2 is 1.56 bits per heavy atom. The Balaban J connectivity index is 2.04. The van der Waals surface area contributed by atoms with Gasteiger partial charge in [-0.05, 0) is 69.0 Å². The number of aryl methyl sites for hydroxylation is 1. The van der Waals surface area contributed by atoms with E-state index in [4.69, 9.17) is 11.6 Å². The largest absolute Gasteiger partial charge is 0.352 e. The van der Waals surface area contributed by atoms with Crippen LogP contribution in [0.2, 0.25) is 5.02 Å². The normalized spacial score (nSPS) is 12.2. The summed E-state index contributed by atoms with van der Waals surface area (Å²) in [6.45, 7) is 7.09. The van der Waals surface area contributed by atoms with Gasteiger partial charge in [-0.3, -0.25) is 13.9 Å². The molecular weight excluding hydrogens is 534 g/mol. The molecule has 3 rings (SSSR count). The molecule has 0 saturated carbocycles. The number of sulfonamides is 1. The van der Waals surface area contributed by atoms with E-state index in [0.29, 0.717) is 29.1 Å². The number of hydrogen-bond donors (Lipinski definition) is 1. The number of carbonyl (C=O) groups is 2. The first kappa shape index (κ1) is 30.2. The third-order valence-electron chi connectivity index (χ3n) is 6.35. The molecule has 0 spiro atoms. The topological polar surface area (TPSA) is 86.8 Å². The highest BCUT2D eigenvalue weighted by molar-refractivity contribution is 7.92. The number of rotatable bonds is 12. The van der Waals surface area contributed by atoms with Gasteiger partial charge < -0.3 is 10.2 Å². The van der Waals surface area contributed by atoms with Crippen LogP contribution in [0.1, 0.15) is 38.3 Å². The van der Waals surface area contributed by atoms with E-state index in [2.05, 4.69) is 5.32 Å².